The molecule has 0 aliphatic carbocycles. The molecule has 0 saturated carbocycles. The Bertz CT molecular complexity index is 352. The highest BCUT2D eigenvalue weighted by Crippen LogP contribution is 2.26. The van der Waals surface area contributed by atoms with E-state index in [2.05, 4.69) is 5.32 Å². The number of rotatable bonds is 4. The van der Waals surface area contributed by atoms with E-state index in [9.17, 15) is 13.6 Å². The van der Waals surface area contributed by atoms with Crippen LogP contribution in [0.3, 0.4) is 0 Å². The van der Waals surface area contributed by atoms with Gasteiger partial charge in [0.1, 0.15) is 0 Å². The van der Waals surface area contributed by atoms with E-state index in [0.717, 1.165) is 0 Å². The molecule has 88 valence electrons. The average molecular weight is 245 g/mol. The number of alkyl halides is 2. The van der Waals surface area contributed by atoms with Crippen molar-refractivity contribution in [3.63, 3.8) is 0 Å². The van der Waals surface area contributed by atoms with Crippen molar-refractivity contribution in [2.24, 2.45) is 5.92 Å². The molecule has 0 aliphatic rings. The van der Waals surface area contributed by atoms with Gasteiger partial charge in [-0.3, -0.25) is 4.79 Å². The lowest BCUT2D eigenvalue weighted by Crippen LogP contribution is -2.17. The maximum absolute atomic E-state index is 12.0. The van der Waals surface area contributed by atoms with E-state index < -0.39 is 5.76 Å². The number of halogens is 2. The molecule has 0 bridgehead atoms. The molecule has 1 aromatic carbocycles. The van der Waals surface area contributed by atoms with Gasteiger partial charge in [0.15, 0.2) is 0 Å². The van der Waals surface area contributed by atoms with Crippen molar-refractivity contribution >= 4 is 23.4 Å². The van der Waals surface area contributed by atoms with Crippen LogP contribution in [0.5, 0.6) is 0 Å². The van der Waals surface area contributed by atoms with Crippen molar-refractivity contribution in [2.45, 2.75) is 24.5 Å². The summed E-state index contributed by atoms with van der Waals surface area (Å²) in [6.07, 6.45) is 0. The molecular formula is C11H13F2NOS. The van der Waals surface area contributed by atoms with E-state index in [-0.39, 0.29) is 11.8 Å². The smallest absolute Gasteiger partial charge is 0.288 e. The zero-order chi connectivity index (χ0) is 12.1. The molecule has 0 spiro atoms. The van der Waals surface area contributed by atoms with Crippen molar-refractivity contribution in [2.75, 3.05) is 5.32 Å². The van der Waals surface area contributed by atoms with Gasteiger partial charge in [-0.25, -0.2) is 0 Å². The lowest BCUT2D eigenvalue weighted by atomic mass is 10.2. The zero-order valence-corrected chi connectivity index (χ0v) is 9.85. The molecule has 16 heavy (non-hydrogen) atoms. The first kappa shape index (κ1) is 13.0. The Morgan fingerprint density at radius 2 is 1.81 bits per heavy atom. The van der Waals surface area contributed by atoms with Gasteiger partial charge in [0.25, 0.3) is 5.76 Å². The second-order valence-corrected chi connectivity index (χ2v) is 4.61. The molecule has 0 unspecified atom stereocenters. The van der Waals surface area contributed by atoms with E-state index in [1.165, 1.54) is 0 Å². The third kappa shape index (κ3) is 4.18. The SMILES string of the molecule is CC(C)C(=O)Nc1ccc(SC(F)F)cc1. The number of nitrogens with one attached hydrogen (secondary N) is 1. The Hall–Kier alpha value is -1.10. The minimum absolute atomic E-state index is 0.0886. The minimum Gasteiger partial charge on any atom is -0.326 e. The first-order chi connectivity index (χ1) is 7.49. The molecule has 0 aromatic heterocycles. The number of hydrogen-bond acceptors (Lipinski definition) is 2. The lowest BCUT2D eigenvalue weighted by molar-refractivity contribution is -0.118. The van der Waals surface area contributed by atoms with Gasteiger partial charge in [0, 0.05) is 16.5 Å². The molecule has 1 N–H and O–H groups in total. The number of amides is 1. The molecule has 1 aromatic rings. The monoisotopic (exact) mass is 245 g/mol. The summed E-state index contributed by atoms with van der Waals surface area (Å²) in [6.45, 7) is 3.58. The van der Waals surface area contributed by atoms with Crippen LogP contribution in [0.25, 0.3) is 0 Å². The van der Waals surface area contributed by atoms with Crippen LogP contribution in [-0.4, -0.2) is 11.7 Å². The Labute approximate surface area is 97.4 Å². The predicted molar refractivity (Wildman–Crippen MR) is 61.8 cm³/mol. The summed E-state index contributed by atoms with van der Waals surface area (Å²) in [4.78, 5) is 11.8. The van der Waals surface area contributed by atoms with Gasteiger partial charge in [0.05, 0.1) is 0 Å². The normalized spacial score (nSPS) is 10.9. The summed E-state index contributed by atoms with van der Waals surface area (Å²) in [5.41, 5.74) is 0.623. The minimum atomic E-state index is -2.42. The fourth-order valence-electron chi connectivity index (χ4n) is 1.01. The lowest BCUT2D eigenvalue weighted by Gasteiger charge is -2.08. The zero-order valence-electron chi connectivity index (χ0n) is 9.04. The van der Waals surface area contributed by atoms with E-state index >= 15 is 0 Å². The molecule has 0 atom stereocenters. The van der Waals surface area contributed by atoms with Gasteiger partial charge in [-0.05, 0) is 24.3 Å². The van der Waals surface area contributed by atoms with Gasteiger partial charge in [0.2, 0.25) is 5.91 Å². The van der Waals surface area contributed by atoms with Gasteiger partial charge >= 0.3 is 0 Å². The van der Waals surface area contributed by atoms with E-state index in [1.54, 1.807) is 38.1 Å². The fourth-order valence-corrected chi connectivity index (χ4v) is 1.51. The third-order valence-corrected chi connectivity index (χ3v) is 2.59. The second-order valence-electron chi connectivity index (χ2n) is 3.55. The van der Waals surface area contributed by atoms with E-state index in [0.29, 0.717) is 22.3 Å². The highest BCUT2D eigenvalue weighted by molar-refractivity contribution is 7.99. The van der Waals surface area contributed by atoms with Crippen molar-refractivity contribution in [1.29, 1.82) is 0 Å². The number of hydrogen-bond donors (Lipinski definition) is 1. The highest BCUT2D eigenvalue weighted by atomic mass is 32.2. The number of carbonyl (C=O) groups excluding carboxylic acids is 1. The Balaban J connectivity index is 2.61. The number of thioether (sulfide) groups is 1. The van der Waals surface area contributed by atoms with Gasteiger partial charge < -0.3 is 5.32 Å². The van der Waals surface area contributed by atoms with Gasteiger partial charge in [-0.2, -0.15) is 8.78 Å². The Morgan fingerprint density at radius 1 is 1.25 bits per heavy atom. The van der Waals surface area contributed by atoms with Crippen LogP contribution in [0, 0.1) is 5.92 Å². The van der Waals surface area contributed by atoms with Crippen LogP contribution >= 0.6 is 11.8 Å². The molecule has 0 aliphatic heterocycles. The molecule has 1 rings (SSSR count). The number of benzene rings is 1. The Morgan fingerprint density at radius 3 is 2.25 bits per heavy atom. The van der Waals surface area contributed by atoms with Crippen molar-refractivity contribution in [3.8, 4) is 0 Å². The quantitative estimate of drug-likeness (QED) is 0.821. The first-order valence-corrected chi connectivity index (χ1v) is 5.72. The summed E-state index contributed by atoms with van der Waals surface area (Å²) in [6, 6.07) is 6.36. The largest absolute Gasteiger partial charge is 0.326 e. The summed E-state index contributed by atoms with van der Waals surface area (Å²) >= 11 is 0.486. The third-order valence-electron chi connectivity index (χ3n) is 1.87. The summed E-state index contributed by atoms with van der Waals surface area (Å²) in [5.74, 6) is -2.61. The van der Waals surface area contributed by atoms with Crippen LogP contribution in [0.4, 0.5) is 14.5 Å². The molecule has 5 heteroatoms. The maximum Gasteiger partial charge on any atom is 0.288 e. The van der Waals surface area contributed by atoms with Crippen LogP contribution in [0.2, 0.25) is 0 Å². The number of carbonyl (C=O) groups is 1. The van der Waals surface area contributed by atoms with Gasteiger partial charge in [-0.1, -0.05) is 25.6 Å². The predicted octanol–water partition coefficient (Wildman–Crippen LogP) is 3.60. The van der Waals surface area contributed by atoms with Crippen molar-refractivity contribution < 1.29 is 13.6 Å². The Kier molecular flexibility index (Phi) is 4.73. The molecule has 0 radical (unpaired) electrons. The first-order valence-electron chi connectivity index (χ1n) is 4.85. The standard InChI is InChI=1S/C11H13F2NOS/c1-7(2)10(15)14-8-3-5-9(6-4-8)16-11(12)13/h3-7,11H,1-2H3,(H,14,15). The number of anilines is 1. The maximum atomic E-state index is 12.0. The van der Waals surface area contributed by atoms with Crippen molar-refractivity contribution in [3.05, 3.63) is 24.3 Å². The summed E-state index contributed by atoms with van der Waals surface area (Å²) < 4.78 is 24.1. The molecule has 2 nitrogen and oxygen atoms in total. The topological polar surface area (TPSA) is 29.1 Å². The fraction of sp³-hybridized carbons (Fsp3) is 0.364. The van der Waals surface area contributed by atoms with Crippen LogP contribution < -0.4 is 5.32 Å². The average Bonchev–Trinajstić information content (AvgIpc) is 2.20. The van der Waals surface area contributed by atoms with Crippen LogP contribution in [-0.2, 0) is 4.79 Å². The molecular weight excluding hydrogens is 232 g/mol. The summed E-state index contributed by atoms with van der Waals surface area (Å²) in [5, 5.41) is 2.69. The molecule has 0 fully saturated rings. The summed E-state index contributed by atoms with van der Waals surface area (Å²) in [7, 11) is 0. The second kappa shape index (κ2) is 5.84. The van der Waals surface area contributed by atoms with Gasteiger partial charge in [-0.15, -0.1) is 0 Å². The molecule has 1 amide bonds. The van der Waals surface area contributed by atoms with Crippen molar-refractivity contribution in [1.82, 2.24) is 0 Å². The van der Waals surface area contributed by atoms with Crippen LogP contribution in [0.1, 0.15) is 13.8 Å². The van der Waals surface area contributed by atoms with E-state index in [4.69, 9.17) is 0 Å². The highest BCUT2D eigenvalue weighted by Gasteiger charge is 2.08. The molecule has 0 heterocycles. The van der Waals surface area contributed by atoms with Crippen LogP contribution in [0.15, 0.2) is 29.2 Å². The van der Waals surface area contributed by atoms with E-state index in [1.807, 2.05) is 0 Å². The molecule has 0 saturated heterocycles.